The van der Waals surface area contributed by atoms with Crippen LogP contribution in [0.15, 0.2) is 17.0 Å². The first-order valence-electron chi connectivity index (χ1n) is 7.05. The van der Waals surface area contributed by atoms with E-state index in [0.29, 0.717) is 18.8 Å². The summed E-state index contributed by atoms with van der Waals surface area (Å²) in [6, 6.07) is 0. The van der Waals surface area contributed by atoms with Crippen LogP contribution in [-0.4, -0.2) is 35.4 Å². The highest BCUT2D eigenvalue weighted by molar-refractivity contribution is 7.09. The van der Waals surface area contributed by atoms with Gasteiger partial charge in [0.2, 0.25) is 0 Å². The van der Waals surface area contributed by atoms with Gasteiger partial charge in [-0.3, -0.25) is 4.79 Å². The Kier molecular flexibility index (Phi) is 4.60. The summed E-state index contributed by atoms with van der Waals surface area (Å²) in [5.74, 6) is 0.0359. The van der Waals surface area contributed by atoms with Crippen molar-refractivity contribution in [2.45, 2.75) is 33.6 Å². The Hall–Kier alpha value is -1.20. The van der Waals surface area contributed by atoms with Gasteiger partial charge >= 0.3 is 0 Å². The molecular formula is C15H23N3OS. The molecule has 1 aliphatic heterocycles. The fraction of sp³-hybridized carbons (Fsp3) is 0.600. The molecule has 0 saturated heterocycles. The summed E-state index contributed by atoms with van der Waals surface area (Å²) >= 11 is 1.52. The Morgan fingerprint density at radius 2 is 2.25 bits per heavy atom. The van der Waals surface area contributed by atoms with Gasteiger partial charge in [0.05, 0.1) is 5.01 Å². The SMILES string of the molecule is CC(C)(C)C1=CCN(C(=O)c2csc(CCN)n2)CC1. The number of hydrogen-bond acceptors (Lipinski definition) is 4. The van der Waals surface area contributed by atoms with Crippen molar-refractivity contribution in [2.24, 2.45) is 11.1 Å². The van der Waals surface area contributed by atoms with E-state index in [1.807, 2.05) is 10.3 Å². The highest BCUT2D eigenvalue weighted by atomic mass is 32.1. The van der Waals surface area contributed by atoms with Crippen LogP contribution < -0.4 is 5.73 Å². The van der Waals surface area contributed by atoms with Crippen molar-refractivity contribution in [1.82, 2.24) is 9.88 Å². The van der Waals surface area contributed by atoms with E-state index in [1.165, 1.54) is 16.9 Å². The summed E-state index contributed by atoms with van der Waals surface area (Å²) in [7, 11) is 0. The van der Waals surface area contributed by atoms with E-state index in [4.69, 9.17) is 5.73 Å². The lowest BCUT2D eigenvalue weighted by Gasteiger charge is -2.31. The largest absolute Gasteiger partial charge is 0.333 e. The molecule has 0 radical (unpaired) electrons. The molecule has 0 atom stereocenters. The number of amides is 1. The van der Waals surface area contributed by atoms with E-state index in [-0.39, 0.29) is 11.3 Å². The van der Waals surface area contributed by atoms with Crippen LogP contribution >= 0.6 is 11.3 Å². The third kappa shape index (κ3) is 3.46. The van der Waals surface area contributed by atoms with Gasteiger partial charge in [0.25, 0.3) is 5.91 Å². The van der Waals surface area contributed by atoms with Crippen molar-refractivity contribution in [1.29, 1.82) is 0 Å². The van der Waals surface area contributed by atoms with Gasteiger partial charge < -0.3 is 10.6 Å². The van der Waals surface area contributed by atoms with Gasteiger partial charge in [-0.05, 0) is 18.4 Å². The Balaban J connectivity index is 2.02. The predicted octanol–water partition coefficient (Wildman–Crippen LogP) is 2.46. The molecule has 0 bridgehead atoms. The second-order valence-corrected chi connectivity index (χ2v) is 7.09. The zero-order chi connectivity index (χ0) is 14.8. The number of carbonyl (C=O) groups is 1. The van der Waals surface area contributed by atoms with Gasteiger partial charge in [-0.1, -0.05) is 32.4 Å². The van der Waals surface area contributed by atoms with Crippen LogP contribution in [0.25, 0.3) is 0 Å². The molecule has 2 heterocycles. The molecule has 20 heavy (non-hydrogen) atoms. The average Bonchev–Trinajstić information content (AvgIpc) is 2.86. The van der Waals surface area contributed by atoms with E-state index in [9.17, 15) is 4.79 Å². The first-order chi connectivity index (χ1) is 9.41. The number of hydrogen-bond donors (Lipinski definition) is 1. The van der Waals surface area contributed by atoms with Gasteiger partial charge in [-0.25, -0.2) is 4.98 Å². The van der Waals surface area contributed by atoms with Gasteiger partial charge in [0, 0.05) is 24.9 Å². The topological polar surface area (TPSA) is 59.2 Å². The van der Waals surface area contributed by atoms with Crippen molar-refractivity contribution in [2.75, 3.05) is 19.6 Å². The summed E-state index contributed by atoms with van der Waals surface area (Å²) in [4.78, 5) is 18.6. The lowest BCUT2D eigenvalue weighted by atomic mass is 9.83. The van der Waals surface area contributed by atoms with Crippen molar-refractivity contribution in [3.8, 4) is 0 Å². The molecule has 0 aromatic carbocycles. The summed E-state index contributed by atoms with van der Waals surface area (Å²) in [5, 5.41) is 2.79. The molecule has 0 saturated carbocycles. The summed E-state index contributed by atoms with van der Waals surface area (Å²) < 4.78 is 0. The van der Waals surface area contributed by atoms with Crippen LogP contribution in [0.1, 0.15) is 42.7 Å². The van der Waals surface area contributed by atoms with E-state index in [2.05, 4.69) is 31.8 Å². The molecule has 0 spiro atoms. The molecule has 5 heteroatoms. The summed E-state index contributed by atoms with van der Waals surface area (Å²) in [6.07, 6.45) is 3.88. The van der Waals surface area contributed by atoms with Gasteiger partial charge in [0.15, 0.2) is 0 Å². The Labute approximate surface area is 124 Å². The molecule has 1 aromatic heterocycles. The molecule has 0 aliphatic carbocycles. The second-order valence-electron chi connectivity index (χ2n) is 6.15. The molecule has 2 N–H and O–H groups in total. The van der Waals surface area contributed by atoms with Crippen molar-refractivity contribution in [3.63, 3.8) is 0 Å². The summed E-state index contributed by atoms with van der Waals surface area (Å²) in [6.45, 7) is 8.70. The Bertz CT molecular complexity index is 513. The maximum Gasteiger partial charge on any atom is 0.273 e. The Morgan fingerprint density at radius 3 is 2.80 bits per heavy atom. The number of carbonyl (C=O) groups excluding carboxylic acids is 1. The maximum atomic E-state index is 12.4. The molecule has 4 nitrogen and oxygen atoms in total. The van der Waals surface area contributed by atoms with Crippen LogP contribution in [-0.2, 0) is 6.42 Å². The second kappa shape index (κ2) is 6.06. The number of nitrogens with zero attached hydrogens (tertiary/aromatic N) is 2. The number of thiazole rings is 1. The van der Waals surface area contributed by atoms with Crippen molar-refractivity contribution < 1.29 is 4.79 Å². The monoisotopic (exact) mass is 293 g/mol. The summed E-state index contributed by atoms with van der Waals surface area (Å²) in [5.41, 5.74) is 7.70. The predicted molar refractivity (Wildman–Crippen MR) is 82.9 cm³/mol. The quantitative estimate of drug-likeness (QED) is 0.871. The number of nitrogens with two attached hydrogens (primary N) is 1. The fourth-order valence-electron chi connectivity index (χ4n) is 2.34. The smallest absolute Gasteiger partial charge is 0.273 e. The number of aromatic nitrogens is 1. The molecule has 2 rings (SSSR count). The third-order valence-electron chi connectivity index (χ3n) is 3.59. The molecule has 110 valence electrons. The molecule has 1 aromatic rings. The van der Waals surface area contributed by atoms with Crippen molar-refractivity contribution >= 4 is 17.2 Å². The first-order valence-corrected chi connectivity index (χ1v) is 7.93. The van der Waals surface area contributed by atoms with Crippen LogP contribution in [0.4, 0.5) is 0 Å². The van der Waals surface area contributed by atoms with Gasteiger partial charge in [-0.2, -0.15) is 0 Å². The molecule has 1 amide bonds. The van der Waals surface area contributed by atoms with E-state index < -0.39 is 0 Å². The zero-order valence-electron chi connectivity index (χ0n) is 12.5. The molecule has 0 unspecified atom stereocenters. The van der Waals surface area contributed by atoms with Crippen LogP contribution in [0, 0.1) is 5.41 Å². The van der Waals surface area contributed by atoms with E-state index in [1.54, 1.807) is 0 Å². The van der Waals surface area contributed by atoms with Gasteiger partial charge in [-0.15, -0.1) is 11.3 Å². The minimum absolute atomic E-state index is 0.0359. The average molecular weight is 293 g/mol. The van der Waals surface area contributed by atoms with E-state index in [0.717, 1.165) is 24.4 Å². The van der Waals surface area contributed by atoms with Crippen molar-refractivity contribution in [3.05, 3.63) is 27.7 Å². The standard InChI is InChI=1S/C15H23N3OS/c1-15(2,3)11-5-8-18(9-6-11)14(19)12-10-20-13(17-12)4-7-16/h5,10H,4,6-9,16H2,1-3H3. The van der Waals surface area contributed by atoms with E-state index >= 15 is 0 Å². The molecule has 0 fully saturated rings. The zero-order valence-corrected chi connectivity index (χ0v) is 13.3. The minimum Gasteiger partial charge on any atom is -0.333 e. The lowest BCUT2D eigenvalue weighted by molar-refractivity contribution is 0.0759. The van der Waals surface area contributed by atoms with Crippen LogP contribution in [0.5, 0.6) is 0 Å². The highest BCUT2D eigenvalue weighted by Gasteiger charge is 2.25. The Morgan fingerprint density at radius 1 is 1.50 bits per heavy atom. The number of rotatable bonds is 3. The lowest BCUT2D eigenvalue weighted by Crippen LogP contribution is -2.36. The molecular weight excluding hydrogens is 270 g/mol. The molecule has 1 aliphatic rings. The third-order valence-corrected chi connectivity index (χ3v) is 4.50. The minimum atomic E-state index is 0.0359. The van der Waals surface area contributed by atoms with Gasteiger partial charge in [0.1, 0.15) is 5.69 Å². The fourth-order valence-corrected chi connectivity index (χ4v) is 3.13. The normalized spacial score (nSPS) is 16.2. The van der Waals surface area contributed by atoms with Crippen LogP contribution in [0.3, 0.4) is 0 Å². The highest BCUT2D eigenvalue weighted by Crippen LogP contribution is 2.30. The first kappa shape index (κ1) is 15.2. The maximum absolute atomic E-state index is 12.4. The van der Waals surface area contributed by atoms with Crippen LogP contribution in [0.2, 0.25) is 0 Å².